The molecule has 2 atom stereocenters. The molecule has 5 aromatic carbocycles. The van der Waals surface area contributed by atoms with Crippen molar-refractivity contribution in [2.75, 3.05) is 82.0 Å². The minimum absolute atomic E-state index is 0.0739. The van der Waals surface area contributed by atoms with Gasteiger partial charge in [-0.2, -0.15) is 0 Å². The molecule has 0 radical (unpaired) electrons. The van der Waals surface area contributed by atoms with Crippen LogP contribution in [0.1, 0.15) is 34.4 Å². The van der Waals surface area contributed by atoms with Gasteiger partial charge in [-0.3, -0.25) is 4.90 Å². The number of rotatable bonds is 11. The highest BCUT2D eigenvalue weighted by Crippen LogP contribution is 2.57. The number of likely N-dealkylation sites (N-methyl/N-ethyl adjacent to an activating group) is 1. The van der Waals surface area contributed by atoms with Gasteiger partial charge in [0.05, 0.1) is 61.6 Å². The van der Waals surface area contributed by atoms with Crippen molar-refractivity contribution in [2.24, 2.45) is 0 Å². The maximum Gasteiger partial charge on any atom is 0.231 e. The molecule has 5 aromatic rings. The van der Waals surface area contributed by atoms with Crippen LogP contribution in [-0.2, 0) is 12.8 Å². The van der Waals surface area contributed by atoms with E-state index < -0.39 is 6.10 Å². The number of ether oxygens (including phenoxy) is 10. The maximum atomic E-state index is 11.5. The van der Waals surface area contributed by atoms with Gasteiger partial charge in [-0.25, -0.2) is 0 Å². The fourth-order valence-electron chi connectivity index (χ4n) is 8.28. The van der Waals surface area contributed by atoms with Crippen LogP contribution in [0.4, 0.5) is 5.69 Å². The van der Waals surface area contributed by atoms with E-state index in [-0.39, 0.29) is 19.4 Å². The quantitative estimate of drug-likeness (QED) is 0.138. The largest absolute Gasteiger partial charge is 0.494 e. The Morgan fingerprint density at radius 2 is 1.41 bits per heavy atom. The van der Waals surface area contributed by atoms with E-state index in [1.54, 1.807) is 49.8 Å². The average Bonchev–Trinajstić information content (AvgIpc) is 3.68. The van der Waals surface area contributed by atoms with Gasteiger partial charge in [-0.1, -0.05) is 0 Å². The number of β-amino-alcohol motifs (C(OH)–C–C–N with tert-alkyl or cyclic N) is 1. The fraction of sp³-hybridized carbons (Fsp3) is 0.366. The highest BCUT2D eigenvalue weighted by Gasteiger charge is 2.35. The number of anilines is 1. The molecule has 3 aliphatic rings. The third-order valence-corrected chi connectivity index (χ3v) is 10.8. The second-order valence-electron chi connectivity index (χ2n) is 13.4. The van der Waals surface area contributed by atoms with Crippen LogP contribution in [0.2, 0.25) is 0 Å². The van der Waals surface area contributed by atoms with Crippen LogP contribution >= 0.6 is 0 Å². The van der Waals surface area contributed by atoms with E-state index in [4.69, 9.17) is 47.4 Å². The molecular formula is C41H44N2O11. The molecule has 284 valence electrons. The molecule has 54 heavy (non-hydrogen) atoms. The van der Waals surface area contributed by atoms with Crippen molar-refractivity contribution in [3.63, 3.8) is 0 Å². The summed E-state index contributed by atoms with van der Waals surface area (Å²) in [6.07, 6.45) is 0.438. The summed E-state index contributed by atoms with van der Waals surface area (Å²) in [5.74, 6) is 6.04. The summed E-state index contributed by atoms with van der Waals surface area (Å²) in [6, 6.07) is 11.4. The van der Waals surface area contributed by atoms with Crippen molar-refractivity contribution in [2.45, 2.75) is 25.0 Å². The van der Waals surface area contributed by atoms with Crippen LogP contribution in [0.25, 0.3) is 21.5 Å². The first-order chi connectivity index (χ1) is 26.3. The normalized spacial score (nSPS) is 17.1. The van der Waals surface area contributed by atoms with Crippen LogP contribution in [0.15, 0.2) is 36.4 Å². The van der Waals surface area contributed by atoms with Crippen molar-refractivity contribution in [3.05, 3.63) is 58.7 Å². The monoisotopic (exact) mass is 740 g/mol. The molecular weight excluding hydrogens is 696 g/mol. The van der Waals surface area contributed by atoms with Crippen LogP contribution in [0, 0.1) is 0 Å². The van der Waals surface area contributed by atoms with Gasteiger partial charge in [0.15, 0.2) is 51.7 Å². The van der Waals surface area contributed by atoms with Gasteiger partial charge in [0.1, 0.15) is 5.75 Å². The van der Waals surface area contributed by atoms with Crippen molar-refractivity contribution < 1.29 is 52.5 Å². The number of aliphatic hydroxyl groups is 1. The lowest BCUT2D eigenvalue weighted by Crippen LogP contribution is -2.34. The lowest BCUT2D eigenvalue weighted by molar-refractivity contribution is 0.175. The van der Waals surface area contributed by atoms with Crippen LogP contribution in [0.3, 0.4) is 0 Å². The zero-order chi connectivity index (χ0) is 37.8. The van der Waals surface area contributed by atoms with E-state index in [9.17, 15) is 5.11 Å². The van der Waals surface area contributed by atoms with E-state index in [0.717, 1.165) is 51.5 Å². The minimum atomic E-state index is -0.858. The topological polar surface area (TPSA) is 128 Å². The van der Waals surface area contributed by atoms with Crippen molar-refractivity contribution >= 4 is 27.2 Å². The zero-order valence-corrected chi connectivity index (χ0v) is 31.6. The lowest BCUT2D eigenvalue weighted by Gasteiger charge is -2.36. The second-order valence-corrected chi connectivity index (χ2v) is 13.4. The van der Waals surface area contributed by atoms with Crippen molar-refractivity contribution in [1.29, 1.82) is 0 Å². The van der Waals surface area contributed by atoms with Crippen molar-refractivity contribution in [1.82, 2.24) is 4.90 Å². The number of aliphatic hydroxyl groups excluding tert-OH is 1. The summed E-state index contributed by atoms with van der Waals surface area (Å²) in [5, 5.41) is 17.8. The number of hydrogen-bond acceptors (Lipinski definition) is 13. The molecule has 2 N–H and O–H groups in total. The van der Waals surface area contributed by atoms with Gasteiger partial charge in [-0.05, 0) is 61.3 Å². The summed E-state index contributed by atoms with van der Waals surface area (Å²) >= 11 is 0. The molecule has 0 aromatic heterocycles. The van der Waals surface area contributed by atoms with Crippen molar-refractivity contribution in [3.8, 4) is 63.2 Å². The lowest BCUT2D eigenvalue weighted by atomic mass is 9.87. The molecule has 0 unspecified atom stereocenters. The van der Waals surface area contributed by atoms with Gasteiger partial charge in [0.25, 0.3) is 0 Å². The molecule has 0 amide bonds. The molecule has 0 bridgehead atoms. The molecule has 0 saturated carbocycles. The van der Waals surface area contributed by atoms with E-state index in [2.05, 4.69) is 17.3 Å². The smallest absolute Gasteiger partial charge is 0.231 e. The Morgan fingerprint density at radius 3 is 2.11 bits per heavy atom. The maximum absolute atomic E-state index is 11.5. The Balaban J connectivity index is 1.34. The Labute approximate surface area is 313 Å². The Bertz CT molecular complexity index is 2290. The standard InChI is InChI=1S/C41H44N2O11/c1-43-12-11-21-23(15-31(47-4)41(51-8)38(21)49-6)25(43)13-20-14-29(45-2)30(46-3)17-28(20)54-32-16-24-26(44)18-42-36-33(24)35(39(32)50-7)34-22(37(36)48-5)9-10-27-40(34)53-19-52-27/h9-10,14-17,25-26,42,44H,11-13,18-19H2,1-8H3/t25-,26-/m0/s1. The molecule has 3 aliphatic heterocycles. The Kier molecular flexibility index (Phi) is 9.14. The van der Waals surface area contributed by atoms with Crippen LogP contribution < -0.4 is 52.7 Å². The molecule has 3 heterocycles. The Morgan fingerprint density at radius 1 is 0.704 bits per heavy atom. The predicted octanol–water partition coefficient (Wildman–Crippen LogP) is 6.80. The summed E-state index contributed by atoms with van der Waals surface area (Å²) in [6.45, 7) is 1.13. The molecule has 8 rings (SSSR count). The average molecular weight is 741 g/mol. The highest BCUT2D eigenvalue weighted by atomic mass is 16.7. The summed E-state index contributed by atoms with van der Waals surface area (Å²) in [4.78, 5) is 2.31. The third kappa shape index (κ3) is 5.36. The second kappa shape index (κ2) is 14.0. The fourth-order valence-corrected chi connectivity index (χ4v) is 8.28. The van der Waals surface area contributed by atoms with E-state index in [1.807, 2.05) is 36.4 Å². The molecule has 0 fully saturated rings. The summed E-state index contributed by atoms with van der Waals surface area (Å²) in [5.41, 5.74) is 4.38. The van der Waals surface area contributed by atoms with Gasteiger partial charge in [0, 0.05) is 57.9 Å². The third-order valence-electron chi connectivity index (χ3n) is 10.8. The predicted molar refractivity (Wildman–Crippen MR) is 203 cm³/mol. The number of nitrogens with zero attached hydrogens (tertiary/aromatic N) is 1. The first-order valence-electron chi connectivity index (χ1n) is 17.6. The first kappa shape index (κ1) is 35.4. The van der Waals surface area contributed by atoms with E-state index in [0.29, 0.717) is 80.6 Å². The number of benzene rings is 5. The Hall–Kier alpha value is -5.66. The van der Waals surface area contributed by atoms with Crippen LogP contribution in [-0.4, -0.2) is 86.7 Å². The summed E-state index contributed by atoms with van der Waals surface area (Å²) in [7, 11) is 13.4. The molecule has 0 saturated heterocycles. The van der Waals surface area contributed by atoms with Gasteiger partial charge in [-0.15, -0.1) is 0 Å². The number of nitrogens with one attached hydrogen (secondary N) is 1. The SMILES string of the molecule is COc1cc(C[C@H]2c3cc(OC)c(OC)c(OC)c3CCN2C)c(Oc2cc3c4c(c(OC)c5ccc6c(c5c4c2OC)OCO6)NC[C@@H]3O)cc1OC. The minimum Gasteiger partial charge on any atom is -0.494 e. The summed E-state index contributed by atoms with van der Waals surface area (Å²) < 4.78 is 60.1. The van der Waals surface area contributed by atoms with Crippen LogP contribution in [0.5, 0.6) is 63.2 Å². The number of methoxy groups -OCH3 is 7. The number of hydrogen-bond donors (Lipinski definition) is 2. The molecule has 13 nitrogen and oxygen atoms in total. The number of fused-ring (bicyclic) bond motifs is 5. The first-order valence-corrected chi connectivity index (χ1v) is 17.6. The van der Waals surface area contributed by atoms with Gasteiger partial charge < -0.3 is 57.8 Å². The van der Waals surface area contributed by atoms with E-state index >= 15 is 0 Å². The zero-order valence-electron chi connectivity index (χ0n) is 31.6. The van der Waals surface area contributed by atoms with Gasteiger partial charge in [0.2, 0.25) is 12.5 Å². The van der Waals surface area contributed by atoms with Gasteiger partial charge >= 0.3 is 0 Å². The highest BCUT2D eigenvalue weighted by molar-refractivity contribution is 6.23. The molecule has 0 aliphatic carbocycles. The molecule has 0 spiro atoms. The molecule has 13 heteroatoms. The van der Waals surface area contributed by atoms with E-state index in [1.165, 1.54) is 0 Å².